The number of hydrogen-bond donors (Lipinski definition) is 4. The van der Waals surface area contributed by atoms with Crippen LogP contribution in [0.25, 0.3) is 0 Å². The predicted molar refractivity (Wildman–Crippen MR) is 149 cm³/mol. The van der Waals surface area contributed by atoms with Crippen LogP contribution in [0.4, 0.5) is 21.6 Å². The van der Waals surface area contributed by atoms with Gasteiger partial charge in [0.05, 0.1) is 11.3 Å². The zero-order chi connectivity index (χ0) is 27.0. The van der Waals surface area contributed by atoms with E-state index in [2.05, 4.69) is 23.3 Å². The van der Waals surface area contributed by atoms with Crippen molar-refractivity contribution >= 4 is 35.7 Å². The van der Waals surface area contributed by atoms with Crippen molar-refractivity contribution in [2.24, 2.45) is 7.05 Å². The average molecular weight is 515 g/mol. The van der Waals surface area contributed by atoms with Gasteiger partial charge < -0.3 is 21.1 Å². The van der Waals surface area contributed by atoms with Gasteiger partial charge in [-0.05, 0) is 62.8 Å². The largest absolute Gasteiger partial charge is 0.456 e. The molecular weight excluding hydrogens is 479 g/mol. The van der Waals surface area contributed by atoms with Gasteiger partial charge >= 0.3 is 0 Å². The quantitative estimate of drug-likeness (QED) is 0.249. The molecule has 0 radical (unpaired) electrons. The van der Waals surface area contributed by atoms with Crippen LogP contribution in [-0.4, -0.2) is 22.8 Å². The van der Waals surface area contributed by atoms with Gasteiger partial charge in [0.15, 0.2) is 5.75 Å². The number of thiol groups is 1. The van der Waals surface area contributed by atoms with Crippen LogP contribution < -0.4 is 26.7 Å². The molecule has 0 spiro atoms. The highest BCUT2D eigenvalue weighted by molar-refractivity contribution is 7.79. The first-order chi connectivity index (χ1) is 17.2. The maximum atomic E-state index is 14.6. The number of carbonyl (C=O) groups is 1. The van der Waals surface area contributed by atoms with Crippen LogP contribution in [0.1, 0.15) is 48.2 Å². The fourth-order valence-electron chi connectivity index (χ4n) is 3.43. The van der Waals surface area contributed by atoms with Crippen molar-refractivity contribution in [3.05, 3.63) is 75.3 Å². The summed E-state index contributed by atoms with van der Waals surface area (Å²) in [5, 5.41) is 5.88. The number of benzene rings is 2. The highest BCUT2D eigenvalue weighted by atomic mass is 32.1. The maximum Gasteiger partial charge on any atom is 0.259 e. The number of nitrogens with one attached hydrogen (secondary N) is 2. The van der Waals surface area contributed by atoms with E-state index in [9.17, 15) is 14.0 Å². The molecule has 4 N–H and O–H groups in total. The molecule has 1 amide bonds. The molecule has 2 aromatic carbocycles. The summed E-state index contributed by atoms with van der Waals surface area (Å²) >= 11 is 3.53. The third-order valence-electron chi connectivity index (χ3n) is 5.36. The standard InChI is InChI=1S/C24H25FN4O3.C2H6.CH4S/c1-13-7-10-19(18(25)11-13)28-22-20(23(30)27-16-8-9-16)21(14(2)24(31)29(22)3)32-17-6-4-5-15(26)12-17;2*1-2/h4-7,10-12,16,28H,8-9,26H2,1-3H3,(H,27,30);1-2H3;2H,1H3. The van der Waals surface area contributed by atoms with Crippen LogP contribution >= 0.6 is 12.6 Å². The third kappa shape index (κ3) is 6.81. The van der Waals surface area contributed by atoms with Crippen molar-refractivity contribution in [3.8, 4) is 11.5 Å². The molecule has 0 unspecified atom stereocenters. The molecule has 9 heteroatoms. The Hall–Kier alpha value is -3.46. The molecule has 3 aromatic rings. The fourth-order valence-corrected chi connectivity index (χ4v) is 3.43. The number of halogens is 1. The summed E-state index contributed by atoms with van der Waals surface area (Å²) < 4.78 is 21.9. The van der Waals surface area contributed by atoms with Gasteiger partial charge in [-0.25, -0.2) is 4.39 Å². The Kier molecular flexibility index (Phi) is 10.4. The van der Waals surface area contributed by atoms with Crippen molar-refractivity contribution in [2.75, 3.05) is 17.3 Å². The minimum Gasteiger partial charge on any atom is -0.456 e. The number of nitrogens with two attached hydrogens (primary N) is 1. The molecule has 0 atom stereocenters. The van der Waals surface area contributed by atoms with E-state index in [4.69, 9.17) is 10.5 Å². The topological polar surface area (TPSA) is 98.4 Å². The van der Waals surface area contributed by atoms with E-state index in [1.807, 2.05) is 13.8 Å². The number of carbonyl (C=O) groups excluding carboxylic acids is 1. The lowest BCUT2D eigenvalue weighted by atomic mass is 10.1. The molecule has 1 aliphatic carbocycles. The summed E-state index contributed by atoms with van der Waals surface area (Å²) in [6, 6.07) is 11.5. The highest BCUT2D eigenvalue weighted by Gasteiger charge is 2.30. The van der Waals surface area contributed by atoms with E-state index in [0.717, 1.165) is 18.4 Å². The number of rotatable bonds is 6. The molecule has 1 heterocycles. The fraction of sp³-hybridized carbons (Fsp3) is 0.333. The summed E-state index contributed by atoms with van der Waals surface area (Å²) in [5.74, 6) is -0.272. The van der Waals surface area contributed by atoms with Gasteiger partial charge in [0.25, 0.3) is 11.5 Å². The van der Waals surface area contributed by atoms with Crippen molar-refractivity contribution in [1.82, 2.24) is 9.88 Å². The van der Waals surface area contributed by atoms with Crippen LogP contribution in [-0.2, 0) is 7.05 Å². The first-order valence-corrected chi connectivity index (χ1v) is 12.7. The molecule has 1 aliphatic rings. The molecule has 194 valence electrons. The molecule has 1 fully saturated rings. The molecule has 7 nitrogen and oxygen atoms in total. The molecule has 1 saturated carbocycles. The van der Waals surface area contributed by atoms with Crippen molar-refractivity contribution in [3.63, 3.8) is 0 Å². The first kappa shape index (κ1) is 28.8. The molecule has 0 bridgehead atoms. The molecule has 4 rings (SSSR count). The van der Waals surface area contributed by atoms with Gasteiger partial charge in [-0.15, -0.1) is 0 Å². The van der Waals surface area contributed by atoms with Crippen molar-refractivity contribution in [1.29, 1.82) is 0 Å². The van der Waals surface area contributed by atoms with E-state index in [1.165, 1.54) is 17.7 Å². The molecule has 36 heavy (non-hydrogen) atoms. The van der Waals surface area contributed by atoms with Crippen molar-refractivity contribution < 1.29 is 13.9 Å². The molecule has 1 aromatic heterocycles. The Balaban J connectivity index is 0.00000109. The number of nitrogen functional groups attached to an aromatic ring is 1. The summed E-state index contributed by atoms with van der Waals surface area (Å²) in [5.41, 5.74) is 7.24. The molecule has 0 saturated heterocycles. The van der Waals surface area contributed by atoms with Crippen LogP contribution in [0.15, 0.2) is 47.3 Å². The first-order valence-electron chi connectivity index (χ1n) is 11.8. The third-order valence-corrected chi connectivity index (χ3v) is 5.36. The number of nitrogens with zero attached hydrogens (tertiary/aromatic N) is 1. The smallest absolute Gasteiger partial charge is 0.259 e. The van der Waals surface area contributed by atoms with Crippen LogP contribution in [0.5, 0.6) is 11.5 Å². The summed E-state index contributed by atoms with van der Waals surface area (Å²) in [6.07, 6.45) is 3.47. The number of aryl methyl sites for hydroxylation is 1. The van der Waals surface area contributed by atoms with E-state index < -0.39 is 11.7 Å². The molecular formula is C27H35FN4O3S. The number of ether oxygens (including phenoxy) is 1. The number of amides is 1. The Morgan fingerprint density at radius 1 is 1.14 bits per heavy atom. The number of hydrogen-bond acceptors (Lipinski definition) is 6. The minimum absolute atomic E-state index is 0.0734. The number of anilines is 3. The Morgan fingerprint density at radius 3 is 2.39 bits per heavy atom. The lowest BCUT2D eigenvalue weighted by molar-refractivity contribution is 0.0948. The summed E-state index contributed by atoms with van der Waals surface area (Å²) in [4.78, 5) is 26.3. The number of pyridine rings is 1. The second-order valence-corrected chi connectivity index (χ2v) is 8.07. The Morgan fingerprint density at radius 2 is 1.81 bits per heavy atom. The van der Waals surface area contributed by atoms with Gasteiger partial charge in [0.2, 0.25) is 0 Å². The Labute approximate surface area is 217 Å². The number of aromatic nitrogens is 1. The Bertz CT molecular complexity index is 1270. The van der Waals surface area contributed by atoms with Crippen molar-refractivity contribution in [2.45, 2.75) is 46.6 Å². The van der Waals surface area contributed by atoms with Crippen LogP contribution in [0.3, 0.4) is 0 Å². The summed E-state index contributed by atoms with van der Waals surface area (Å²) in [7, 11) is 1.53. The zero-order valence-corrected chi connectivity index (χ0v) is 22.5. The van der Waals surface area contributed by atoms with E-state index >= 15 is 0 Å². The van der Waals surface area contributed by atoms with Gasteiger partial charge in [0.1, 0.15) is 22.9 Å². The van der Waals surface area contributed by atoms with E-state index in [0.29, 0.717) is 11.4 Å². The monoisotopic (exact) mass is 514 g/mol. The average Bonchev–Trinajstić information content (AvgIpc) is 3.68. The summed E-state index contributed by atoms with van der Waals surface area (Å²) in [6.45, 7) is 7.37. The highest BCUT2D eigenvalue weighted by Crippen LogP contribution is 2.35. The lowest BCUT2D eigenvalue weighted by Gasteiger charge is -2.21. The van der Waals surface area contributed by atoms with Gasteiger partial charge in [0, 0.05) is 24.8 Å². The van der Waals surface area contributed by atoms with Gasteiger partial charge in [-0.2, -0.15) is 12.6 Å². The van der Waals surface area contributed by atoms with Crippen LogP contribution in [0.2, 0.25) is 0 Å². The van der Waals surface area contributed by atoms with E-state index in [-0.39, 0.29) is 40.0 Å². The zero-order valence-electron chi connectivity index (χ0n) is 21.6. The van der Waals surface area contributed by atoms with Gasteiger partial charge in [-0.3, -0.25) is 14.2 Å². The van der Waals surface area contributed by atoms with Crippen LogP contribution in [0, 0.1) is 19.7 Å². The SMILES string of the molecule is CC.CS.Cc1ccc(Nc2c(C(=O)NC3CC3)c(Oc3cccc(N)c3)c(C)c(=O)n2C)c(F)c1. The second kappa shape index (κ2) is 13.0. The maximum absolute atomic E-state index is 14.6. The lowest BCUT2D eigenvalue weighted by Crippen LogP contribution is -2.31. The normalized spacial score (nSPS) is 11.9. The second-order valence-electron chi connectivity index (χ2n) is 8.07. The predicted octanol–water partition coefficient (Wildman–Crippen LogP) is 5.72. The van der Waals surface area contributed by atoms with E-state index in [1.54, 1.807) is 56.5 Å². The minimum atomic E-state index is -0.495. The molecule has 0 aliphatic heterocycles. The van der Waals surface area contributed by atoms with Gasteiger partial charge in [-0.1, -0.05) is 26.0 Å².